The van der Waals surface area contributed by atoms with Gasteiger partial charge in [0.25, 0.3) is 0 Å². The molecule has 0 aliphatic carbocycles. The average molecular weight is 237 g/mol. The van der Waals surface area contributed by atoms with Crippen molar-refractivity contribution in [3.63, 3.8) is 0 Å². The number of aromatic carboxylic acids is 1. The van der Waals surface area contributed by atoms with E-state index in [0.29, 0.717) is 5.39 Å². The maximum atomic E-state index is 12.0. The van der Waals surface area contributed by atoms with Crippen molar-refractivity contribution in [3.8, 4) is 5.75 Å². The molecule has 0 fully saturated rings. The highest BCUT2D eigenvalue weighted by Crippen LogP contribution is 2.32. The second-order valence-electron chi connectivity index (χ2n) is 4.17. The predicted octanol–water partition coefficient (Wildman–Crippen LogP) is 3.84. The molecule has 0 heterocycles. The zero-order chi connectivity index (χ0) is 12.7. The van der Waals surface area contributed by atoms with Crippen LogP contribution in [0, 0.1) is 0 Å². The van der Waals surface area contributed by atoms with Gasteiger partial charge in [-0.15, -0.1) is 0 Å². The van der Waals surface area contributed by atoms with Crippen LogP contribution < -0.4 is 0 Å². The van der Waals surface area contributed by atoms with E-state index in [9.17, 15) is 9.90 Å². The third kappa shape index (κ3) is 1.49. The molecule has 0 aliphatic rings. The molecule has 0 saturated heterocycles. The van der Waals surface area contributed by atoms with Gasteiger partial charge < -0.3 is 5.11 Å². The summed E-state index contributed by atoms with van der Waals surface area (Å²) >= 11 is 0. The highest BCUT2D eigenvalue weighted by atomic mass is 16.4. The van der Waals surface area contributed by atoms with Crippen LogP contribution in [0.5, 0.6) is 5.75 Å². The monoisotopic (exact) mass is 237 g/mol. The molecule has 0 atom stereocenters. The molecule has 87 valence electrons. The Labute approximate surface area is 103 Å². The third-order valence-electron chi connectivity index (χ3n) is 3.07. The van der Waals surface area contributed by atoms with Crippen LogP contribution >= 0.6 is 0 Å². The number of fused-ring (bicyclic) bond motifs is 2. The summed E-state index contributed by atoms with van der Waals surface area (Å²) in [7, 11) is 0. The molecule has 3 rings (SSSR count). The molecular weight excluding hydrogens is 228 g/mol. The first-order chi connectivity index (χ1) is 8.66. The minimum absolute atomic E-state index is 0.183. The van der Waals surface area contributed by atoms with Gasteiger partial charge in [-0.25, -0.2) is 4.79 Å². The lowest BCUT2D eigenvalue weighted by Crippen LogP contribution is -1.96. The lowest BCUT2D eigenvalue weighted by atomic mass is 10.0. The molecule has 0 aliphatic heterocycles. The molecule has 0 saturated carbocycles. The number of benzene rings is 3. The Morgan fingerprint density at radius 2 is 1.56 bits per heavy atom. The highest BCUT2D eigenvalue weighted by molar-refractivity contribution is 6.05. The van der Waals surface area contributed by atoms with E-state index < -0.39 is 11.7 Å². The molecular formula is C15H9O3. The maximum Gasteiger partial charge on any atom is 0.339 e. The molecule has 3 nitrogen and oxygen atoms in total. The summed E-state index contributed by atoms with van der Waals surface area (Å²) in [6.07, 6.45) is 0. The molecule has 0 aromatic heterocycles. The van der Waals surface area contributed by atoms with Gasteiger partial charge in [0.1, 0.15) is 5.56 Å². The Morgan fingerprint density at radius 1 is 0.889 bits per heavy atom. The normalized spacial score (nSPS) is 10.9. The van der Waals surface area contributed by atoms with Gasteiger partial charge in [0.05, 0.1) is 0 Å². The number of carboxylic acid groups (broad SMARTS) is 1. The Kier molecular flexibility index (Phi) is 2.20. The number of rotatable bonds is 1. The third-order valence-corrected chi connectivity index (χ3v) is 3.07. The first-order valence-corrected chi connectivity index (χ1v) is 5.52. The molecule has 0 amide bonds. The van der Waals surface area contributed by atoms with Crippen LogP contribution in [0.1, 0.15) is 10.4 Å². The van der Waals surface area contributed by atoms with Crippen LogP contribution in [0.2, 0.25) is 0 Å². The van der Waals surface area contributed by atoms with Crippen LogP contribution in [-0.2, 0) is 5.11 Å². The van der Waals surface area contributed by atoms with Crippen LogP contribution in [0.3, 0.4) is 0 Å². The molecule has 0 unspecified atom stereocenters. The van der Waals surface area contributed by atoms with Gasteiger partial charge in [-0.1, -0.05) is 30.3 Å². The quantitative estimate of drug-likeness (QED) is 0.654. The molecule has 3 aromatic carbocycles. The van der Waals surface area contributed by atoms with E-state index in [1.165, 1.54) is 6.07 Å². The Bertz CT molecular complexity index is 775. The predicted molar refractivity (Wildman–Crippen MR) is 68.5 cm³/mol. The summed E-state index contributed by atoms with van der Waals surface area (Å²) in [5.41, 5.74) is -0.183. The smallest absolute Gasteiger partial charge is 0.339 e. The van der Waals surface area contributed by atoms with Crippen LogP contribution in [0.4, 0.5) is 0 Å². The molecule has 0 bridgehead atoms. The number of carboxylic acids is 1. The van der Waals surface area contributed by atoms with Crippen LogP contribution in [0.25, 0.3) is 21.5 Å². The topological polar surface area (TPSA) is 57.2 Å². The molecule has 1 N–H and O–H groups in total. The maximum absolute atomic E-state index is 12.0. The summed E-state index contributed by atoms with van der Waals surface area (Å²) in [5, 5.41) is 24.2. The minimum Gasteiger partial charge on any atom is -0.478 e. The fourth-order valence-corrected chi connectivity index (χ4v) is 2.15. The van der Waals surface area contributed by atoms with Gasteiger partial charge in [-0.05, 0) is 34.4 Å². The van der Waals surface area contributed by atoms with Gasteiger partial charge in [0.2, 0.25) is 5.75 Å². The van der Waals surface area contributed by atoms with Crippen molar-refractivity contribution < 1.29 is 15.0 Å². The van der Waals surface area contributed by atoms with Gasteiger partial charge >= 0.3 is 5.97 Å². The van der Waals surface area contributed by atoms with Crippen molar-refractivity contribution in [1.82, 2.24) is 0 Å². The highest BCUT2D eigenvalue weighted by Gasteiger charge is 2.14. The van der Waals surface area contributed by atoms with Crippen molar-refractivity contribution in [3.05, 3.63) is 54.1 Å². The Hall–Kier alpha value is -2.55. The zero-order valence-electron chi connectivity index (χ0n) is 9.38. The largest absolute Gasteiger partial charge is 0.478 e. The van der Waals surface area contributed by atoms with E-state index in [4.69, 9.17) is 5.11 Å². The van der Waals surface area contributed by atoms with E-state index in [1.807, 2.05) is 30.3 Å². The van der Waals surface area contributed by atoms with Crippen molar-refractivity contribution in [2.24, 2.45) is 0 Å². The van der Waals surface area contributed by atoms with Gasteiger partial charge in [-0.2, -0.15) is 0 Å². The van der Waals surface area contributed by atoms with Crippen molar-refractivity contribution in [1.29, 1.82) is 0 Å². The number of hydrogen-bond donors (Lipinski definition) is 1. The lowest BCUT2D eigenvalue weighted by molar-refractivity contribution is 0.0692. The van der Waals surface area contributed by atoms with Crippen molar-refractivity contribution >= 4 is 27.5 Å². The van der Waals surface area contributed by atoms with Gasteiger partial charge in [0, 0.05) is 5.39 Å². The molecule has 18 heavy (non-hydrogen) atoms. The van der Waals surface area contributed by atoms with Crippen LogP contribution in [0.15, 0.2) is 48.5 Å². The van der Waals surface area contributed by atoms with Gasteiger partial charge in [0.15, 0.2) is 0 Å². The number of carbonyl (C=O) groups is 1. The standard InChI is InChI=1S/C15H9O3/c16-14-12(15(17)18)6-5-11-7-9-3-1-2-4-10(9)8-13(11)14/h1-8H,(H,17,18). The Morgan fingerprint density at radius 3 is 2.22 bits per heavy atom. The van der Waals surface area contributed by atoms with E-state index in [1.54, 1.807) is 12.1 Å². The molecule has 3 heteroatoms. The van der Waals surface area contributed by atoms with Gasteiger partial charge in [-0.3, -0.25) is 5.11 Å². The van der Waals surface area contributed by atoms with E-state index in [0.717, 1.165) is 16.2 Å². The van der Waals surface area contributed by atoms with Crippen molar-refractivity contribution in [2.45, 2.75) is 0 Å². The summed E-state index contributed by atoms with van der Waals surface area (Å²) in [5.74, 6) is -1.61. The van der Waals surface area contributed by atoms with Crippen LogP contribution in [-0.4, -0.2) is 11.1 Å². The summed E-state index contributed by atoms with van der Waals surface area (Å²) in [4.78, 5) is 10.9. The lowest BCUT2D eigenvalue weighted by Gasteiger charge is -2.04. The van der Waals surface area contributed by atoms with E-state index in [2.05, 4.69) is 0 Å². The molecule has 1 radical (unpaired) electrons. The average Bonchev–Trinajstić information content (AvgIpc) is 2.37. The Balaban J connectivity index is 2.44. The molecule has 3 aromatic rings. The fraction of sp³-hybridized carbons (Fsp3) is 0. The van der Waals surface area contributed by atoms with E-state index >= 15 is 0 Å². The zero-order valence-corrected chi connectivity index (χ0v) is 9.38. The first-order valence-electron chi connectivity index (χ1n) is 5.52. The first kappa shape index (κ1) is 10.6. The molecule has 0 spiro atoms. The second kappa shape index (κ2) is 3.74. The summed E-state index contributed by atoms with van der Waals surface area (Å²) < 4.78 is 0. The minimum atomic E-state index is -1.19. The second-order valence-corrected chi connectivity index (χ2v) is 4.17. The SMILES string of the molecule is [O]c1c(C(=O)O)ccc2cc3ccccc3cc12. The fourth-order valence-electron chi connectivity index (χ4n) is 2.15. The summed E-state index contributed by atoms with van der Waals surface area (Å²) in [6.45, 7) is 0. The number of hydrogen-bond acceptors (Lipinski definition) is 1. The summed E-state index contributed by atoms with van der Waals surface area (Å²) in [6, 6.07) is 14.4. The van der Waals surface area contributed by atoms with Crippen molar-refractivity contribution in [2.75, 3.05) is 0 Å². The van der Waals surface area contributed by atoms with E-state index in [-0.39, 0.29) is 5.56 Å².